The molecule has 4 nitrogen and oxygen atoms in total. The van der Waals surface area contributed by atoms with Crippen LogP contribution < -0.4 is 11.0 Å². The van der Waals surface area contributed by atoms with Crippen molar-refractivity contribution in [2.24, 2.45) is 0 Å². The Morgan fingerprint density at radius 2 is 1.17 bits per heavy atom. The van der Waals surface area contributed by atoms with Gasteiger partial charge in [0.25, 0.3) is 0 Å². The normalized spacial score (nSPS) is 12.0. The molecule has 2 radical (unpaired) electrons. The van der Waals surface area contributed by atoms with Gasteiger partial charge in [-0.15, -0.1) is 0 Å². The van der Waals surface area contributed by atoms with Crippen molar-refractivity contribution in [2.75, 3.05) is 11.0 Å². The van der Waals surface area contributed by atoms with E-state index >= 15 is 0 Å². The Kier molecular flexibility index (Phi) is 2.33. The van der Waals surface area contributed by atoms with Crippen molar-refractivity contribution >= 4 is 16.9 Å². The summed E-state index contributed by atoms with van der Waals surface area (Å²) in [7, 11) is 0. The molecule has 0 saturated carbocycles. The van der Waals surface area contributed by atoms with Crippen molar-refractivity contribution in [1.29, 1.82) is 0 Å². The zero-order valence-corrected chi connectivity index (χ0v) is 9.49. The predicted molar refractivity (Wildman–Crippen MR) is 68.6 cm³/mol. The smallest absolute Gasteiger partial charge is 0.0642 e. The highest BCUT2D eigenvalue weighted by Gasteiger charge is 2.22. The Bertz CT molecular complexity index is 595. The summed E-state index contributed by atoms with van der Waals surface area (Å²) in [4.78, 5) is 0. The molecule has 3 rings (SSSR count). The lowest BCUT2D eigenvalue weighted by Gasteiger charge is -2.02. The van der Waals surface area contributed by atoms with Crippen LogP contribution >= 0.6 is 0 Å². The highest BCUT2D eigenvalue weighted by molar-refractivity contribution is 6.01. The number of fused-ring (bicyclic) bond motifs is 3. The van der Waals surface area contributed by atoms with Crippen LogP contribution in [0, 0.1) is 0 Å². The molecule has 1 aliphatic carbocycles. The fourth-order valence-electron chi connectivity index (χ4n) is 2.33. The van der Waals surface area contributed by atoms with Gasteiger partial charge in [0.15, 0.2) is 0 Å². The second-order valence-electron chi connectivity index (χ2n) is 4.20. The largest absolute Gasteiger partial charge is 0.233 e. The van der Waals surface area contributed by atoms with Crippen LogP contribution in [-0.4, -0.2) is 0 Å². The Morgan fingerprint density at radius 1 is 0.722 bits per heavy atom. The number of hydrogen-bond donors (Lipinski definition) is 2. The maximum Gasteiger partial charge on any atom is 0.0642 e. The molecule has 2 aromatic carbocycles. The van der Waals surface area contributed by atoms with Crippen LogP contribution in [0.3, 0.4) is 0 Å². The third-order valence-electron chi connectivity index (χ3n) is 3.22. The van der Waals surface area contributed by atoms with E-state index in [1.54, 1.807) is 24.3 Å². The highest BCUT2D eigenvalue weighted by atomic mass is 16.5. The van der Waals surface area contributed by atoms with Gasteiger partial charge in [-0.05, 0) is 52.1 Å². The van der Waals surface area contributed by atoms with Crippen LogP contribution in [0.2, 0.25) is 0 Å². The molecule has 4 heteroatoms. The second-order valence-corrected chi connectivity index (χ2v) is 4.20. The molecule has 0 spiro atoms. The number of hydrogen-bond acceptors (Lipinski definition) is 2. The van der Waals surface area contributed by atoms with Gasteiger partial charge in [-0.1, -0.05) is 29.1 Å². The van der Waals surface area contributed by atoms with Gasteiger partial charge >= 0.3 is 0 Å². The van der Waals surface area contributed by atoms with Crippen molar-refractivity contribution in [2.45, 2.75) is 0 Å². The monoisotopic (exact) mass is 238 g/mol. The summed E-state index contributed by atoms with van der Waals surface area (Å²) < 4.78 is 0. The first-order chi connectivity index (χ1) is 8.74. The van der Waals surface area contributed by atoms with Gasteiger partial charge in [0.1, 0.15) is 0 Å². The van der Waals surface area contributed by atoms with Gasteiger partial charge in [0.05, 0.1) is 11.4 Å². The summed E-state index contributed by atoms with van der Waals surface area (Å²) in [5, 5.41) is 21.4. The van der Waals surface area contributed by atoms with Crippen molar-refractivity contribution in [1.82, 2.24) is 0 Å². The molecule has 88 valence electrons. The van der Waals surface area contributed by atoms with E-state index in [0.717, 1.165) is 27.8 Å². The van der Waals surface area contributed by atoms with Gasteiger partial charge < -0.3 is 0 Å². The number of anilines is 2. The minimum Gasteiger partial charge on any atom is -0.233 e. The van der Waals surface area contributed by atoms with E-state index in [1.165, 1.54) is 0 Å². The van der Waals surface area contributed by atoms with E-state index in [4.69, 9.17) is 0 Å². The first kappa shape index (κ1) is 10.8. The van der Waals surface area contributed by atoms with Crippen LogP contribution in [0.4, 0.5) is 11.4 Å². The van der Waals surface area contributed by atoms with Gasteiger partial charge in [0, 0.05) is 0 Å². The van der Waals surface area contributed by atoms with E-state index in [9.17, 15) is 10.4 Å². The van der Waals surface area contributed by atoms with Crippen LogP contribution in [0.15, 0.2) is 43.0 Å². The molecule has 0 unspecified atom stereocenters. The Morgan fingerprint density at radius 3 is 1.56 bits per heavy atom. The molecule has 0 saturated heterocycles. The summed E-state index contributed by atoms with van der Waals surface area (Å²) in [5.41, 5.74) is 9.50. The number of rotatable bonds is 2. The molecule has 0 aliphatic heterocycles. The van der Waals surface area contributed by atoms with E-state index in [0.29, 0.717) is 11.4 Å². The first-order valence-electron chi connectivity index (χ1n) is 5.49. The fraction of sp³-hybridized carbons (Fsp3) is 0. The van der Waals surface area contributed by atoms with Crippen LogP contribution in [-0.2, 0) is 10.4 Å². The molecular weight excluding hydrogens is 228 g/mol. The van der Waals surface area contributed by atoms with Gasteiger partial charge in [0.2, 0.25) is 0 Å². The lowest BCUT2D eigenvalue weighted by Crippen LogP contribution is -1.88. The Balaban J connectivity index is 2.21. The van der Waals surface area contributed by atoms with Crippen molar-refractivity contribution in [3.63, 3.8) is 0 Å². The van der Waals surface area contributed by atoms with Gasteiger partial charge in [-0.2, -0.15) is 0 Å². The van der Waals surface area contributed by atoms with E-state index in [2.05, 4.69) is 6.58 Å². The quantitative estimate of drug-likeness (QED) is 0.673. The lowest BCUT2D eigenvalue weighted by molar-refractivity contribution is 0.274. The standard InChI is InChI=1S/C14H10N2O2/c1-8-13-6-9(15-17)2-4-11(13)12-5-3-10(16-18)7-14(8)12/h2-7,15-16H,1H2. The van der Waals surface area contributed by atoms with Crippen molar-refractivity contribution in [3.8, 4) is 11.1 Å². The predicted octanol–water partition coefficient (Wildman–Crippen LogP) is 3.24. The minimum atomic E-state index is 0.505. The van der Waals surface area contributed by atoms with Crippen LogP contribution in [0.1, 0.15) is 11.1 Å². The molecule has 0 amide bonds. The molecule has 0 atom stereocenters. The molecule has 2 N–H and O–H groups in total. The summed E-state index contributed by atoms with van der Waals surface area (Å²) >= 11 is 0. The van der Waals surface area contributed by atoms with Crippen molar-refractivity contribution < 1.29 is 10.4 Å². The van der Waals surface area contributed by atoms with Gasteiger partial charge in [-0.25, -0.2) is 11.0 Å². The Hall–Kier alpha value is -2.30. The molecule has 0 heterocycles. The third kappa shape index (κ3) is 1.40. The fourth-order valence-corrected chi connectivity index (χ4v) is 2.33. The topological polar surface area (TPSA) is 63.9 Å². The molecule has 0 bridgehead atoms. The average Bonchev–Trinajstić information content (AvgIpc) is 2.71. The lowest BCUT2D eigenvalue weighted by atomic mass is 10.1. The first-order valence-corrected chi connectivity index (χ1v) is 5.49. The zero-order chi connectivity index (χ0) is 12.7. The summed E-state index contributed by atoms with van der Waals surface area (Å²) in [6.45, 7) is 4.03. The maximum absolute atomic E-state index is 10.7. The molecular formula is C14H10N2O2. The Labute approximate surface area is 104 Å². The highest BCUT2D eigenvalue weighted by Crippen LogP contribution is 2.45. The van der Waals surface area contributed by atoms with E-state index in [-0.39, 0.29) is 0 Å². The molecule has 0 aromatic heterocycles. The summed E-state index contributed by atoms with van der Waals surface area (Å²) in [6, 6.07) is 10.8. The van der Waals surface area contributed by atoms with Gasteiger partial charge in [-0.3, -0.25) is 0 Å². The minimum absolute atomic E-state index is 0.505. The van der Waals surface area contributed by atoms with Crippen LogP contribution in [0.25, 0.3) is 16.7 Å². The molecule has 2 aromatic rings. The number of benzene rings is 2. The second kappa shape index (κ2) is 3.87. The molecule has 0 fully saturated rings. The van der Waals surface area contributed by atoms with Crippen LogP contribution in [0.5, 0.6) is 0 Å². The number of nitrogens with one attached hydrogen (secondary N) is 2. The maximum atomic E-state index is 10.7. The summed E-state index contributed by atoms with van der Waals surface area (Å²) in [6.07, 6.45) is 0. The third-order valence-corrected chi connectivity index (χ3v) is 3.22. The van der Waals surface area contributed by atoms with E-state index in [1.807, 2.05) is 23.1 Å². The summed E-state index contributed by atoms with van der Waals surface area (Å²) in [5.74, 6) is 0. The average molecular weight is 238 g/mol. The zero-order valence-electron chi connectivity index (χ0n) is 9.49. The van der Waals surface area contributed by atoms with Crippen molar-refractivity contribution in [3.05, 3.63) is 54.1 Å². The SMILES string of the molecule is C=C1c2cc(N[O])ccc2-c2ccc(N[O])cc21. The van der Waals surface area contributed by atoms with E-state index < -0.39 is 0 Å². The molecule has 1 aliphatic rings. The molecule has 18 heavy (non-hydrogen) atoms.